The first-order valence-corrected chi connectivity index (χ1v) is 11.1. The summed E-state index contributed by atoms with van der Waals surface area (Å²) in [4.78, 5) is 33.5. The molecule has 1 amide bonds. The third kappa shape index (κ3) is 4.88. The first-order valence-electron chi connectivity index (χ1n) is 9.36. The van der Waals surface area contributed by atoms with E-state index in [9.17, 15) is 14.9 Å². The standard InChI is InChI=1S/C21H16N6O3S2/c1-12-11-31-20(23-12)25-19(29)15(9-22)7-14-3-5-17(6-4-14)30-10-16-8-18(28)27-21(24-16)32-13(2)26-27/h3-8,11H,10H2,1-2H3,(H,23,25,29)/b15-7-. The van der Waals surface area contributed by atoms with Crippen molar-refractivity contribution in [1.82, 2.24) is 19.6 Å². The second-order valence-electron chi connectivity index (χ2n) is 6.68. The van der Waals surface area contributed by atoms with Gasteiger partial charge in [0.25, 0.3) is 11.5 Å². The Hall–Kier alpha value is -3.88. The summed E-state index contributed by atoms with van der Waals surface area (Å²) in [6.07, 6.45) is 1.49. The van der Waals surface area contributed by atoms with Crippen LogP contribution >= 0.6 is 22.7 Å². The number of thiazole rings is 1. The summed E-state index contributed by atoms with van der Waals surface area (Å²) < 4.78 is 6.99. The van der Waals surface area contributed by atoms with Gasteiger partial charge in [0.1, 0.15) is 29.0 Å². The third-order valence-electron chi connectivity index (χ3n) is 4.18. The van der Waals surface area contributed by atoms with Crippen LogP contribution in [0.25, 0.3) is 11.0 Å². The number of fused-ring (bicyclic) bond motifs is 1. The van der Waals surface area contributed by atoms with Gasteiger partial charge in [-0.15, -0.1) is 11.3 Å². The van der Waals surface area contributed by atoms with Crippen molar-refractivity contribution < 1.29 is 9.53 Å². The first kappa shape index (κ1) is 21.4. The summed E-state index contributed by atoms with van der Waals surface area (Å²) in [6.45, 7) is 3.76. The summed E-state index contributed by atoms with van der Waals surface area (Å²) in [5.74, 6) is 0.0408. The van der Waals surface area contributed by atoms with Gasteiger partial charge in [-0.05, 0) is 37.6 Å². The smallest absolute Gasteiger partial charge is 0.275 e. The van der Waals surface area contributed by atoms with E-state index >= 15 is 0 Å². The van der Waals surface area contributed by atoms with Crippen LogP contribution in [0.1, 0.15) is 22.0 Å². The fourth-order valence-corrected chi connectivity index (χ4v) is 4.18. The molecule has 0 saturated heterocycles. The van der Waals surface area contributed by atoms with Gasteiger partial charge in [0.15, 0.2) is 5.13 Å². The molecule has 0 atom stereocenters. The van der Waals surface area contributed by atoms with E-state index in [4.69, 9.17) is 4.74 Å². The van der Waals surface area contributed by atoms with Crippen molar-refractivity contribution in [3.05, 3.63) is 73.6 Å². The van der Waals surface area contributed by atoms with Crippen molar-refractivity contribution in [2.75, 3.05) is 5.32 Å². The van der Waals surface area contributed by atoms with E-state index in [1.54, 1.807) is 24.3 Å². The number of rotatable bonds is 6. The Morgan fingerprint density at radius 3 is 2.75 bits per heavy atom. The number of amides is 1. The normalized spacial score (nSPS) is 11.3. The van der Waals surface area contributed by atoms with Crippen LogP contribution in [0.2, 0.25) is 0 Å². The molecule has 0 aliphatic carbocycles. The van der Waals surface area contributed by atoms with Gasteiger partial charge in [-0.1, -0.05) is 23.5 Å². The Morgan fingerprint density at radius 1 is 1.28 bits per heavy atom. The Kier molecular flexibility index (Phi) is 6.07. The minimum Gasteiger partial charge on any atom is -0.487 e. The molecule has 160 valence electrons. The van der Waals surface area contributed by atoms with Gasteiger partial charge in [0.2, 0.25) is 4.96 Å². The van der Waals surface area contributed by atoms with Crippen molar-refractivity contribution in [2.24, 2.45) is 0 Å². The SMILES string of the molecule is Cc1csc(NC(=O)/C(C#N)=C\c2ccc(OCc3cc(=O)n4nc(C)sc4n3)cc2)n1. The lowest BCUT2D eigenvalue weighted by atomic mass is 10.1. The monoisotopic (exact) mass is 464 g/mol. The Balaban J connectivity index is 1.42. The number of nitrogens with one attached hydrogen (secondary N) is 1. The van der Waals surface area contributed by atoms with Gasteiger partial charge in [0, 0.05) is 11.4 Å². The lowest BCUT2D eigenvalue weighted by molar-refractivity contribution is -0.112. The molecule has 0 spiro atoms. The fraction of sp³-hybridized carbons (Fsp3) is 0.143. The highest BCUT2D eigenvalue weighted by Gasteiger charge is 2.12. The average Bonchev–Trinajstić information content (AvgIpc) is 3.35. The molecule has 0 unspecified atom stereocenters. The Bertz CT molecular complexity index is 1430. The second kappa shape index (κ2) is 9.09. The molecule has 4 rings (SSSR count). The Labute approximate surface area is 190 Å². The van der Waals surface area contributed by atoms with Crippen LogP contribution < -0.4 is 15.6 Å². The summed E-state index contributed by atoms with van der Waals surface area (Å²) in [5, 5.41) is 19.1. The highest BCUT2D eigenvalue weighted by molar-refractivity contribution is 7.16. The maximum atomic E-state index is 12.3. The molecule has 0 radical (unpaired) electrons. The number of aryl methyl sites for hydroxylation is 2. The van der Waals surface area contributed by atoms with Crippen LogP contribution in [0, 0.1) is 25.2 Å². The van der Waals surface area contributed by atoms with Crippen LogP contribution in [0.5, 0.6) is 5.75 Å². The fourth-order valence-electron chi connectivity index (χ4n) is 2.73. The van der Waals surface area contributed by atoms with E-state index in [-0.39, 0.29) is 17.7 Å². The first-order chi connectivity index (χ1) is 15.4. The maximum Gasteiger partial charge on any atom is 0.275 e. The molecule has 0 fully saturated rings. The van der Waals surface area contributed by atoms with Gasteiger partial charge < -0.3 is 4.74 Å². The predicted octanol–water partition coefficient (Wildman–Crippen LogP) is 3.35. The van der Waals surface area contributed by atoms with E-state index in [0.29, 0.717) is 27.1 Å². The molecular formula is C21H16N6O3S2. The number of benzene rings is 1. The summed E-state index contributed by atoms with van der Waals surface area (Å²) in [5.41, 5.74) is 1.67. The molecule has 0 saturated carbocycles. The van der Waals surface area contributed by atoms with Crippen LogP contribution in [-0.4, -0.2) is 25.5 Å². The molecule has 3 heterocycles. The zero-order valence-corrected chi connectivity index (χ0v) is 18.7. The number of ether oxygens (including phenoxy) is 1. The molecule has 1 N–H and O–H groups in total. The van der Waals surface area contributed by atoms with Crippen LogP contribution in [-0.2, 0) is 11.4 Å². The number of nitrogens with zero attached hydrogens (tertiary/aromatic N) is 5. The highest BCUT2D eigenvalue weighted by atomic mass is 32.1. The van der Waals surface area contributed by atoms with Crippen molar-refractivity contribution in [2.45, 2.75) is 20.5 Å². The van der Waals surface area contributed by atoms with E-state index in [0.717, 1.165) is 10.7 Å². The summed E-state index contributed by atoms with van der Waals surface area (Å²) in [6, 6.07) is 10.2. The maximum absolute atomic E-state index is 12.3. The molecule has 0 aliphatic rings. The second-order valence-corrected chi connectivity index (χ2v) is 8.70. The largest absolute Gasteiger partial charge is 0.487 e. The zero-order chi connectivity index (χ0) is 22.7. The minimum atomic E-state index is -0.520. The number of hydrogen-bond acceptors (Lipinski definition) is 9. The van der Waals surface area contributed by atoms with E-state index in [2.05, 4.69) is 20.4 Å². The van der Waals surface area contributed by atoms with Crippen LogP contribution in [0.15, 0.2) is 46.1 Å². The van der Waals surface area contributed by atoms with E-state index in [1.807, 2.05) is 25.3 Å². The molecule has 0 bridgehead atoms. The number of aromatic nitrogens is 4. The van der Waals surface area contributed by atoms with Crippen LogP contribution in [0.3, 0.4) is 0 Å². The molecule has 0 aliphatic heterocycles. The van der Waals surface area contributed by atoms with Crippen molar-refractivity contribution in [3.8, 4) is 11.8 Å². The number of anilines is 1. The predicted molar refractivity (Wildman–Crippen MR) is 122 cm³/mol. The molecule has 3 aromatic heterocycles. The van der Waals surface area contributed by atoms with Crippen molar-refractivity contribution in [1.29, 1.82) is 5.26 Å². The van der Waals surface area contributed by atoms with Crippen molar-refractivity contribution >= 4 is 44.7 Å². The highest BCUT2D eigenvalue weighted by Crippen LogP contribution is 2.18. The van der Waals surface area contributed by atoms with Gasteiger partial charge in [-0.25, -0.2) is 9.97 Å². The molecule has 32 heavy (non-hydrogen) atoms. The topological polar surface area (TPSA) is 122 Å². The molecule has 4 aromatic rings. The average molecular weight is 465 g/mol. The zero-order valence-electron chi connectivity index (χ0n) is 17.0. The van der Waals surface area contributed by atoms with Gasteiger partial charge in [0.05, 0.1) is 11.4 Å². The van der Waals surface area contributed by atoms with Gasteiger partial charge in [-0.2, -0.15) is 14.9 Å². The number of nitriles is 1. The number of carbonyl (C=O) groups excluding carboxylic acids is 1. The quantitative estimate of drug-likeness (QED) is 0.343. The van der Waals surface area contributed by atoms with Crippen LogP contribution in [0.4, 0.5) is 5.13 Å². The number of carbonyl (C=O) groups is 1. The van der Waals surface area contributed by atoms with Gasteiger partial charge >= 0.3 is 0 Å². The molecule has 11 heteroatoms. The third-order valence-corrected chi connectivity index (χ3v) is 5.88. The van der Waals surface area contributed by atoms with Crippen molar-refractivity contribution in [3.63, 3.8) is 0 Å². The summed E-state index contributed by atoms with van der Waals surface area (Å²) in [7, 11) is 0. The lowest BCUT2D eigenvalue weighted by Gasteiger charge is -2.06. The minimum absolute atomic E-state index is 0.0376. The molecule has 9 nitrogen and oxygen atoms in total. The van der Waals surface area contributed by atoms with E-state index < -0.39 is 5.91 Å². The molecule has 1 aromatic carbocycles. The lowest BCUT2D eigenvalue weighted by Crippen LogP contribution is -2.16. The van der Waals surface area contributed by atoms with E-state index in [1.165, 1.54) is 39.3 Å². The molecular weight excluding hydrogens is 448 g/mol. The van der Waals surface area contributed by atoms with Gasteiger partial charge in [-0.3, -0.25) is 14.9 Å². The Morgan fingerprint density at radius 2 is 2.06 bits per heavy atom. The number of hydrogen-bond donors (Lipinski definition) is 1. The summed E-state index contributed by atoms with van der Waals surface area (Å²) >= 11 is 2.63.